The molecule has 2 nitrogen and oxygen atoms in total. The summed E-state index contributed by atoms with van der Waals surface area (Å²) in [7, 11) is 2.08. The van der Waals surface area contributed by atoms with Crippen LogP contribution in [0, 0.1) is 0 Å². The Morgan fingerprint density at radius 3 is 2.74 bits per heavy atom. The second kappa shape index (κ2) is 6.42. The topological polar surface area (TPSA) is 29.3 Å². The molecule has 19 heavy (non-hydrogen) atoms. The van der Waals surface area contributed by atoms with Gasteiger partial charge in [0.2, 0.25) is 0 Å². The van der Waals surface area contributed by atoms with Crippen molar-refractivity contribution in [3.05, 3.63) is 51.2 Å². The maximum Gasteiger partial charge on any atom is 0.0642 e. The van der Waals surface area contributed by atoms with E-state index in [-0.39, 0.29) is 0 Å². The van der Waals surface area contributed by atoms with Crippen LogP contribution in [0.4, 0.5) is 5.69 Å². The number of hydrogen-bond donors (Lipinski definition) is 1. The van der Waals surface area contributed by atoms with Crippen LogP contribution in [0.1, 0.15) is 23.4 Å². The number of nitrogens with zero attached hydrogens (tertiary/aromatic N) is 1. The normalized spacial score (nSPS) is 12.4. The van der Waals surface area contributed by atoms with E-state index in [9.17, 15) is 0 Å². The molecule has 1 aromatic carbocycles. The van der Waals surface area contributed by atoms with Gasteiger partial charge in [-0.3, -0.25) is 0 Å². The maximum absolute atomic E-state index is 6.39. The first-order valence-corrected chi connectivity index (χ1v) is 7.64. The smallest absolute Gasteiger partial charge is 0.0642 e. The number of benzene rings is 1. The molecule has 0 bridgehead atoms. The molecular weight excluding hydrogens is 276 g/mol. The monoisotopic (exact) mass is 294 g/mol. The SMILES string of the molecule is CC(c1cccs1)N(C)c1ccc(CCN)cc1Cl. The van der Waals surface area contributed by atoms with E-state index < -0.39 is 0 Å². The van der Waals surface area contributed by atoms with Crippen molar-refractivity contribution in [2.24, 2.45) is 5.73 Å². The average Bonchev–Trinajstić information content (AvgIpc) is 2.91. The highest BCUT2D eigenvalue weighted by molar-refractivity contribution is 7.10. The van der Waals surface area contributed by atoms with E-state index >= 15 is 0 Å². The minimum atomic E-state index is 0.317. The number of nitrogens with two attached hydrogens (primary N) is 1. The standard InChI is InChI=1S/C15H19ClN2S/c1-11(15-4-3-9-19-15)18(2)14-6-5-12(7-8-17)10-13(14)16/h3-6,9-11H,7-8,17H2,1-2H3. The molecule has 2 rings (SSSR count). The van der Waals surface area contributed by atoms with Crippen LogP contribution in [-0.2, 0) is 6.42 Å². The van der Waals surface area contributed by atoms with Crippen LogP contribution in [0.3, 0.4) is 0 Å². The van der Waals surface area contributed by atoms with Crippen LogP contribution >= 0.6 is 22.9 Å². The number of rotatable bonds is 5. The Hall–Kier alpha value is -1.03. The van der Waals surface area contributed by atoms with E-state index in [1.165, 1.54) is 10.4 Å². The number of anilines is 1. The van der Waals surface area contributed by atoms with Gasteiger partial charge < -0.3 is 10.6 Å². The highest BCUT2D eigenvalue weighted by atomic mass is 35.5. The second-order valence-corrected chi connectivity index (χ2v) is 6.01. The van der Waals surface area contributed by atoms with Crippen LogP contribution < -0.4 is 10.6 Å². The largest absolute Gasteiger partial charge is 0.366 e. The molecule has 4 heteroatoms. The zero-order valence-electron chi connectivity index (χ0n) is 11.3. The molecule has 0 spiro atoms. The molecule has 2 N–H and O–H groups in total. The Bertz CT molecular complexity index is 525. The second-order valence-electron chi connectivity index (χ2n) is 4.63. The van der Waals surface area contributed by atoms with Crippen LogP contribution in [0.5, 0.6) is 0 Å². The van der Waals surface area contributed by atoms with Crippen molar-refractivity contribution in [1.29, 1.82) is 0 Å². The summed E-state index contributed by atoms with van der Waals surface area (Å²) >= 11 is 8.16. The lowest BCUT2D eigenvalue weighted by atomic mass is 10.1. The molecular formula is C15H19ClN2S. The summed E-state index contributed by atoms with van der Waals surface area (Å²) in [6.07, 6.45) is 0.865. The van der Waals surface area contributed by atoms with Crippen LogP contribution in [0.2, 0.25) is 5.02 Å². The Balaban J connectivity index is 2.21. The predicted octanol–water partition coefficient (Wildman–Crippen LogP) is 4.10. The van der Waals surface area contributed by atoms with E-state index in [1.807, 2.05) is 6.07 Å². The van der Waals surface area contributed by atoms with Gasteiger partial charge in [-0.05, 0) is 49.0 Å². The van der Waals surface area contributed by atoms with Gasteiger partial charge in [0, 0.05) is 11.9 Å². The first-order valence-electron chi connectivity index (χ1n) is 6.38. The molecule has 0 aliphatic rings. The lowest BCUT2D eigenvalue weighted by molar-refractivity contribution is 0.754. The summed E-state index contributed by atoms with van der Waals surface area (Å²) in [5.74, 6) is 0. The van der Waals surface area contributed by atoms with E-state index in [4.69, 9.17) is 17.3 Å². The summed E-state index contributed by atoms with van der Waals surface area (Å²) in [6.45, 7) is 2.84. The first-order chi connectivity index (χ1) is 9.13. The molecule has 1 unspecified atom stereocenters. The Morgan fingerprint density at radius 1 is 1.37 bits per heavy atom. The van der Waals surface area contributed by atoms with Crippen molar-refractivity contribution in [2.45, 2.75) is 19.4 Å². The molecule has 102 valence electrons. The van der Waals surface area contributed by atoms with E-state index in [2.05, 4.69) is 48.5 Å². The van der Waals surface area contributed by atoms with E-state index in [0.29, 0.717) is 12.6 Å². The third-order valence-electron chi connectivity index (χ3n) is 3.36. The predicted molar refractivity (Wildman–Crippen MR) is 85.3 cm³/mol. The minimum Gasteiger partial charge on any atom is -0.366 e. The van der Waals surface area contributed by atoms with Gasteiger partial charge in [0.1, 0.15) is 0 Å². The highest BCUT2D eigenvalue weighted by Crippen LogP contribution is 2.33. The van der Waals surface area contributed by atoms with Gasteiger partial charge >= 0.3 is 0 Å². The molecule has 0 amide bonds. The molecule has 0 fully saturated rings. The lowest BCUT2D eigenvalue weighted by Crippen LogP contribution is -2.21. The fourth-order valence-corrected chi connectivity index (χ4v) is 3.25. The van der Waals surface area contributed by atoms with Crippen molar-refractivity contribution in [3.63, 3.8) is 0 Å². The van der Waals surface area contributed by atoms with Gasteiger partial charge in [0.15, 0.2) is 0 Å². The van der Waals surface area contributed by atoms with Crippen LogP contribution in [0.25, 0.3) is 0 Å². The Kier molecular flexibility index (Phi) is 4.86. The molecule has 1 heterocycles. The fourth-order valence-electron chi connectivity index (χ4n) is 2.09. The van der Waals surface area contributed by atoms with E-state index in [0.717, 1.165) is 17.1 Å². The third-order valence-corrected chi connectivity index (χ3v) is 4.71. The van der Waals surface area contributed by atoms with Gasteiger partial charge in [0.05, 0.1) is 16.8 Å². The number of halogens is 1. The van der Waals surface area contributed by atoms with Gasteiger partial charge in [-0.2, -0.15) is 0 Å². The molecule has 0 saturated carbocycles. The van der Waals surface area contributed by atoms with Crippen molar-refractivity contribution in [2.75, 3.05) is 18.5 Å². The summed E-state index contributed by atoms with van der Waals surface area (Å²) < 4.78 is 0. The van der Waals surface area contributed by atoms with Gasteiger partial charge in [-0.15, -0.1) is 11.3 Å². The average molecular weight is 295 g/mol. The Labute approximate surface area is 123 Å². The molecule has 2 aromatic rings. The van der Waals surface area contributed by atoms with Crippen molar-refractivity contribution in [1.82, 2.24) is 0 Å². The molecule has 0 radical (unpaired) electrons. The minimum absolute atomic E-state index is 0.317. The molecule has 0 saturated heterocycles. The van der Waals surface area contributed by atoms with Crippen molar-refractivity contribution < 1.29 is 0 Å². The molecule has 1 aromatic heterocycles. The van der Waals surface area contributed by atoms with Crippen LogP contribution in [0.15, 0.2) is 35.7 Å². The number of hydrogen-bond acceptors (Lipinski definition) is 3. The summed E-state index contributed by atoms with van der Waals surface area (Å²) in [4.78, 5) is 3.55. The van der Waals surface area contributed by atoms with Gasteiger partial charge in [0.25, 0.3) is 0 Å². The maximum atomic E-state index is 6.39. The van der Waals surface area contributed by atoms with Crippen LogP contribution in [-0.4, -0.2) is 13.6 Å². The summed E-state index contributed by atoms with van der Waals surface area (Å²) in [5.41, 5.74) is 7.82. The van der Waals surface area contributed by atoms with Crippen molar-refractivity contribution in [3.8, 4) is 0 Å². The third kappa shape index (κ3) is 3.30. The summed E-state index contributed by atoms with van der Waals surface area (Å²) in [5, 5.41) is 2.89. The molecule has 0 aliphatic carbocycles. The first kappa shape index (κ1) is 14.4. The quantitative estimate of drug-likeness (QED) is 0.899. The fraction of sp³-hybridized carbons (Fsp3) is 0.333. The Morgan fingerprint density at radius 2 is 2.16 bits per heavy atom. The zero-order valence-corrected chi connectivity index (χ0v) is 12.8. The van der Waals surface area contributed by atoms with Gasteiger partial charge in [-0.1, -0.05) is 23.7 Å². The molecule has 1 atom stereocenters. The van der Waals surface area contributed by atoms with E-state index in [1.54, 1.807) is 11.3 Å². The highest BCUT2D eigenvalue weighted by Gasteiger charge is 2.15. The zero-order chi connectivity index (χ0) is 13.8. The van der Waals surface area contributed by atoms with Gasteiger partial charge in [-0.25, -0.2) is 0 Å². The van der Waals surface area contributed by atoms with Crippen molar-refractivity contribution >= 4 is 28.6 Å². The molecule has 0 aliphatic heterocycles. The lowest BCUT2D eigenvalue weighted by Gasteiger charge is -2.27. The number of thiophene rings is 1. The summed E-state index contributed by atoms with van der Waals surface area (Å²) in [6, 6.07) is 10.8.